The van der Waals surface area contributed by atoms with Gasteiger partial charge in [-0.1, -0.05) is 12.1 Å². The highest BCUT2D eigenvalue weighted by atomic mass is 15.1. The summed E-state index contributed by atoms with van der Waals surface area (Å²) in [5, 5.41) is 6.44. The van der Waals surface area contributed by atoms with Crippen molar-refractivity contribution in [2.24, 2.45) is 5.73 Å². The molecule has 0 radical (unpaired) electrons. The van der Waals surface area contributed by atoms with Crippen LogP contribution in [0.4, 0.5) is 17.3 Å². The van der Waals surface area contributed by atoms with Crippen LogP contribution in [-0.2, 0) is 0 Å². The molecule has 0 amide bonds. The number of aromatic nitrogens is 2. The van der Waals surface area contributed by atoms with Crippen molar-refractivity contribution in [2.75, 3.05) is 23.7 Å². The fourth-order valence-electron chi connectivity index (χ4n) is 1.73. The van der Waals surface area contributed by atoms with Crippen molar-refractivity contribution >= 4 is 17.3 Å². The van der Waals surface area contributed by atoms with Crippen molar-refractivity contribution in [1.29, 1.82) is 0 Å². The minimum Gasteiger partial charge on any atom is -0.369 e. The Labute approximate surface area is 113 Å². The van der Waals surface area contributed by atoms with Gasteiger partial charge in [-0.05, 0) is 31.0 Å². The summed E-state index contributed by atoms with van der Waals surface area (Å²) in [5.74, 6) is 1.54. The summed E-state index contributed by atoms with van der Waals surface area (Å²) < 4.78 is 0. The van der Waals surface area contributed by atoms with Crippen LogP contribution in [0.1, 0.15) is 11.1 Å². The highest BCUT2D eigenvalue weighted by molar-refractivity contribution is 5.62. The third-order valence-electron chi connectivity index (χ3n) is 2.77. The van der Waals surface area contributed by atoms with Gasteiger partial charge >= 0.3 is 0 Å². The average Bonchev–Trinajstić information content (AvgIpc) is 2.41. The molecule has 0 saturated carbocycles. The number of benzene rings is 1. The fraction of sp³-hybridized carbons (Fsp3) is 0.286. The van der Waals surface area contributed by atoms with Crippen molar-refractivity contribution in [2.45, 2.75) is 13.8 Å². The summed E-state index contributed by atoms with van der Waals surface area (Å²) in [5.41, 5.74) is 8.90. The molecule has 0 saturated heterocycles. The van der Waals surface area contributed by atoms with Crippen LogP contribution >= 0.6 is 0 Å². The fourth-order valence-corrected chi connectivity index (χ4v) is 1.73. The van der Waals surface area contributed by atoms with Crippen molar-refractivity contribution in [3.8, 4) is 0 Å². The smallest absolute Gasteiger partial charge is 0.135 e. The van der Waals surface area contributed by atoms with Gasteiger partial charge in [0.15, 0.2) is 0 Å². The molecular weight excluding hydrogens is 238 g/mol. The summed E-state index contributed by atoms with van der Waals surface area (Å²) in [7, 11) is 0. The number of nitrogens with one attached hydrogen (secondary N) is 2. The number of nitrogens with two attached hydrogens (primary N) is 1. The third-order valence-corrected chi connectivity index (χ3v) is 2.77. The Bertz CT molecular complexity index is 553. The van der Waals surface area contributed by atoms with E-state index < -0.39 is 0 Å². The van der Waals surface area contributed by atoms with Gasteiger partial charge in [0.05, 0.1) is 0 Å². The van der Waals surface area contributed by atoms with Crippen LogP contribution in [0.25, 0.3) is 0 Å². The second-order valence-corrected chi connectivity index (χ2v) is 4.45. The van der Waals surface area contributed by atoms with E-state index in [1.54, 1.807) is 0 Å². The largest absolute Gasteiger partial charge is 0.369 e. The lowest BCUT2D eigenvalue weighted by Crippen LogP contribution is -2.14. The summed E-state index contributed by atoms with van der Waals surface area (Å²) in [6.45, 7) is 5.40. The van der Waals surface area contributed by atoms with Crippen LogP contribution in [0.5, 0.6) is 0 Å². The number of aryl methyl sites for hydroxylation is 2. The monoisotopic (exact) mass is 257 g/mol. The number of nitrogens with zero attached hydrogens (tertiary/aromatic N) is 2. The predicted molar refractivity (Wildman–Crippen MR) is 78.8 cm³/mol. The maximum atomic E-state index is 5.45. The van der Waals surface area contributed by atoms with Crippen LogP contribution in [0.3, 0.4) is 0 Å². The average molecular weight is 257 g/mol. The zero-order chi connectivity index (χ0) is 13.7. The van der Waals surface area contributed by atoms with Crippen molar-refractivity contribution < 1.29 is 0 Å². The van der Waals surface area contributed by atoms with Gasteiger partial charge in [-0.15, -0.1) is 0 Å². The van der Waals surface area contributed by atoms with Gasteiger partial charge in [-0.25, -0.2) is 9.97 Å². The topological polar surface area (TPSA) is 75.9 Å². The van der Waals surface area contributed by atoms with Gasteiger partial charge in [0.2, 0.25) is 0 Å². The van der Waals surface area contributed by atoms with Gasteiger partial charge in [-0.2, -0.15) is 0 Å². The summed E-state index contributed by atoms with van der Waals surface area (Å²) >= 11 is 0. The zero-order valence-corrected chi connectivity index (χ0v) is 11.3. The van der Waals surface area contributed by atoms with E-state index in [1.165, 1.54) is 17.5 Å². The standard InChI is InChI=1S/C14H19N5/c1-10-3-4-11(2)12(7-10)19-14-8-13(16-6-5-15)17-9-18-14/h3-4,7-9H,5-6,15H2,1-2H3,(H2,16,17,18,19). The zero-order valence-electron chi connectivity index (χ0n) is 11.3. The van der Waals surface area contributed by atoms with E-state index in [9.17, 15) is 0 Å². The molecule has 0 aliphatic heterocycles. The molecule has 0 atom stereocenters. The maximum Gasteiger partial charge on any atom is 0.135 e. The number of hydrogen-bond donors (Lipinski definition) is 3. The summed E-state index contributed by atoms with van der Waals surface area (Å²) in [6, 6.07) is 8.16. The summed E-state index contributed by atoms with van der Waals surface area (Å²) in [6.07, 6.45) is 1.53. The maximum absolute atomic E-state index is 5.45. The highest BCUT2D eigenvalue weighted by Crippen LogP contribution is 2.21. The quantitative estimate of drug-likeness (QED) is 0.765. The van der Waals surface area contributed by atoms with Gasteiger partial charge in [0.1, 0.15) is 18.0 Å². The predicted octanol–water partition coefficient (Wildman–Crippen LogP) is 2.21. The molecule has 5 nitrogen and oxygen atoms in total. The SMILES string of the molecule is Cc1ccc(C)c(Nc2cc(NCCN)ncn2)c1. The molecule has 5 heteroatoms. The molecule has 0 aliphatic rings. The molecule has 0 fully saturated rings. The Morgan fingerprint density at radius 1 is 1.11 bits per heavy atom. The second kappa shape index (κ2) is 6.15. The van der Waals surface area contributed by atoms with E-state index in [-0.39, 0.29) is 0 Å². The van der Waals surface area contributed by atoms with Crippen LogP contribution < -0.4 is 16.4 Å². The molecule has 1 aromatic carbocycles. The number of anilines is 3. The number of hydrogen-bond acceptors (Lipinski definition) is 5. The molecule has 100 valence electrons. The lowest BCUT2D eigenvalue weighted by molar-refractivity contribution is 1.00. The summed E-state index contributed by atoms with van der Waals surface area (Å²) in [4.78, 5) is 8.36. The first kappa shape index (κ1) is 13.3. The van der Waals surface area contributed by atoms with E-state index >= 15 is 0 Å². The van der Waals surface area contributed by atoms with Gasteiger partial charge in [0, 0.05) is 24.8 Å². The van der Waals surface area contributed by atoms with E-state index in [0.717, 1.165) is 17.3 Å². The third kappa shape index (κ3) is 3.66. The van der Waals surface area contributed by atoms with E-state index in [0.29, 0.717) is 13.1 Å². The minimum atomic E-state index is 0.573. The Balaban J connectivity index is 2.16. The molecule has 2 rings (SSSR count). The molecule has 4 N–H and O–H groups in total. The first-order valence-electron chi connectivity index (χ1n) is 6.29. The second-order valence-electron chi connectivity index (χ2n) is 4.45. The van der Waals surface area contributed by atoms with Gasteiger partial charge in [-0.3, -0.25) is 0 Å². The van der Waals surface area contributed by atoms with Crippen molar-refractivity contribution in [3.63, 3.8) is 0 Å². The van der Waals surface area contributed by atoms with Crippen molar-refractivity contribution in [1.82, 2.24) is 9.97 Å². The van der Waals surface area contributed by atoms with E-state index in [1.807, 2.05) is 6.07 Å². The normalized spacial score (nSPS) is 10.3. The van der Waals surface area contributed by atoms with Crippen LogP contribution in [0.15, 0.2) is 30.6 Å². The molecule has 1 heterocycles. The molecular formula is C14H19N5. The molecule has 0 spiro atoms. The van der Waals surface area contributed by atoms with Crippen molar-refractivity contribution in [3.05, 3.63) is 41.7 Å². The molecule has 0 bridgehead atoms. The Morgan fingerprint density at radius 3 is 2.68 bits per heavy atom. The van der Waals surface area contributed by atoms with Crippen LogP contribution in [0.2, 0.25) is 0 Å². The molecule has 1 aromatic heterocycles. The lowest BCUT2D eigenvalue weighted by Gasteiger charge is -2.11. The highest BCUT2D eigenvalue weighted by Gasteiger charge is 2.02. The first-order valence-corrected chi connectivity index (χ1v) is 6.29. The molecule has 19 heavy (non-hydrogen) atoms. The Kier molecular flexibility index (Phi) is 4.30. The molecule has 0 aliphatic carbocycles. The van der Waals surface area contributed by atoms with Crippen LogP contribution in [0, 0.1) is 13.8 Å². The Hall–Kier alpha value is -2.14. The number of rotatable bonds is 5. The lowest BCUT2D eigenvalue weighted by atomic mass is 10.1. The van der Waals surface area contributed by atoms with E-state index in [4.69, 9.17) is 5.73 Å². The van der Waals surface area contributed by atoms with Gasteiger partial charge < -0.3 is 16.4 Å². The van der Waals surface area contributed by atoms with Gasteiger partial charge in [0.25, 0.3) is 0 Å². The minimum absolute atomic E-state index is 0.573. The van der Waals surface area contributed by atoms with E-state index in [2.05, 4.69) is 52.6 Å². The Morgan fingerprint density at radius 2 is 1.89 bits per heavy atom. The van der Waals surface area contributed by atoms with Crippen LogP contribution in [-0.4, -0.2) is 23.1 Å². The molecule has 2 aromatic rings. The first-order chi connectivity index (χ1) is 9.19. The molecule has 0 unspecified atom stereocenters.